The van der Waals surface area contributed by atoms with Crippen molar-refractivity contribution in [1.29, 1.82) is 0 Å². The molecule has 1 aromatic carbocycles. The molecular weight excluding hydrogens is 304 g/mol. The van der Waals surface area contributed by atoms with Crippen LogP contribution in [0.3, 0.4) is 0 Å². The molecule has 0 radical (unpaired) electrons. The zero-order chi connectivity index (χ0) is 17.4. The minimum atomic E-state index is -0.608. The highest BCUT2D eigenvalue weighted by Gasteiger charge is 2.14. The summed E-state index contributed by atoms with van der Waals surface area (Å²) in [6.07, 6.45) is 2.73. The Morgan fingerprint density at radius 1 is 1.21 bits per heavy atom. The SMILES string of the molecule is Cc1cccc(OCC(O)CNC(C)CC(O)c2cccnc2)c1. The average molecular weight is 330 g/mol. The summed E-state index contributed by atoms with van der Waals surface area (Å²) in [7, 11) is 0. The van der Waals surface area contributed by atoms with Crippen LogP contribution in [0.25, 0.3) is 0 Å². The fourth-order valence-electron chi connectivity index (χ4n) is 2.42. The van der Waals surface area contributed by atoms with E-state index in [0.29, 0.717) is 13.0 Å². The normalized spacial score (nSPS) is 14.8. The molecule has 0 fully saturated rings. The third-order valence-electron chi connectivity index (χ3n) is 3.78. The van der Waals surface area contributed by atoms with Gasteiger partial charge in [-0.3, -0.25) is 4.98 Å². The van der Waals surface area contributed by atoms with Crippen LogP contribution in [-0.2, 0) is 0 Å². The maximum absolute atomic E-state index is 10.2. The smallest absolute Gasteiger partial charge is 0.119 e. The Labute approximate surface area is 143 Å². The van der Waals surface area contributed by atoms with Gasteiger partial charge in [-0.25, -0.2) is 0 Å². The van der Waals surface area contributed by atoms with Gasteiger partial charge < -0.3 is 20.3 Å². The maximum atomic E-state index is 10.2. The molecule has 0 saturated carbocycles. The third kappa shape index (κ3) is 6.28. The number of aromatic nitrogens is 1. The Hall–Kier alpha value is -1.95. The van der Waals surface area contributed by atoms with E-state index in [-0.39, 0.29) is 12.6 Å². The molecule has 3 atom stereocenters. The number of hydrogen-bond donors (Lipinski definition) is 3. The fraction of sp³-hybridized carbons (Fsp3) is 0.421. The molecule has 130 valence electrons. The second-order valence-corrected chi connectivity index (χ2v) is 6.13. The third-order valence-corrected chi connectivity index (χ3v) is 3.78. The molecule has 0 bridgehead atoms. The van der Waals surface area contributed by atoms with E-state index in [1.165, 1.54) is 0 Å². The number of aliphatic hydroxyl groups is 2. The number of aliphatic hydroxyl groups excluding tert-OH is 2. The molecule has 24 heavy (non-hydrogen) atoms. The first-order valence-electron chi connectivity index (χ1n) is 8.23. The van der Waals surface area contributed by atoms with Crippen LogP contribution in [0, 0.1) is 6.92 Å². The van der Waals surface area contributed by atoms with Gasteiger partial charge in [-0.15, -0.1) is 0 Å². The molecule has 0 aliphatic rings. The van der Waals surface area contributed by atoms with Crippen molar-refractivity contribution < 1.29 is 14.9 Å². The second kappa shape index (κ2) is 9.37. The summed E-state index contributed by atoms with van der Waals surface area (Å²) < 4.78 is 5.58. The second-order valence-electron chi connectivity index (χ2n) is 6.13. The van der Waals surface area contributed by atoms with E-state index in [2.05, 4.69) is 10.3 Å². The molecule has 0 aliphatic carbocycles. The van der Waals surface area contributed by atoms with E-state index in [0.717, 1.165) is 16.9 Å². The van der Waals surface area contributed by atoms with Gasteiger partial charge in [-0.1, -0.05) is 18.2 Å². The number of pyridine rings is 1. The molecule has 1 heterocycles. The average Bonchev–Trinajstić information content (AvgIpc) is 2.59. The number of hydrogen-bond acceptors (Lipinski definition) is 5. The molecule has 3 N–H and O–H groups in total. The lowest BCUT2D eigenvalue weighted by Crippen LogP contribution is -2.37. The summed E-state index contributed by atoms with van der Waals surface area (Å²) >= 11 is 0. The van der Waals surface area contributed by atoms with Crippen molar-refractivity contribution in [1.82, 2.24) is 10.3 Å². The van der Waals surface area contributed by atoms with Crippen LogP contribution in [0.5, 0.6) is 5.75 Å². The Kier molecular flexibility index (Phi) is 7.18. The molecule has 0 aliphatic heterocycles. The van der Waals surface area contributed by atoms with Gasteiger partial charge in [0.15, 0.2) is 0 Å². The lowest BCUT2D eigenvalue weighted by atomic mass is 10.0. The molecule has 0 amide bonds. The quantitative estimate of drug-likeness (QED) is 0.657. The van der Waals surface area contributed by atoms with Gasteiger partial charge in [0.25, 0.3) is 0 Å². The molecule has 0 saturated heterocycles. The van der Waals surface area contributed by atoms with E-state index in [4.69, 9.17) is 4.74 Å². The van der Waals surface area contributed by atoms with E-state index < -0.39 is 12.2 Å². The van der Waals surface area contributed by atoms with Crippen LogP contribution in [0.15, 0.2) is 48.8 Å². The highest BCUT2D eigenvalue weighted by atomic mass is 16.5. The highest BCUT2D eigenvalue weighted by Crippen LogP contribution is 2.17. The van der Waals surface area contributed by atoms with Crippen molar-refractivity contribution in [3.8, 4) is 5.75 Å². The van der Waals surface area contributed by atoms with Crippen molar-refractivity contribution in [2.75, 3.05) is 13.2 Å². The standard InChI is InChI=1S/C19H26N2O3/c1-14-5-3-7-18(9-14)24-13-17(22)12-21-15(2)10-19(23)16-6-4-8-20-11-16/h3-9,11,15,17,19,21-23H,10,12-13H2,1-2H3. The van der Waals surface area contributed by atoms with Crippen molar-refractivity contribution in [3.05, 3.63) is 59.9 Å². The van der Waals surface area contributed by atoms with Crippen LogP contribution in [-0.4, -0.2) is 40.5 Å². The molecule has 2 aromatic rings. The van der Waals surface area contributed by atoms with Gasteiger partial charge in [0, 0.05) is 25.0 Å². The van der Waals surface area contributed by atoms with Crippen molar-refractivity contribution in [2.45, 2.75) is 38.5 Å². The predicted octanol–water partition coefficient (Wildman–Crippen LogP) is 2.23. The summed E-state index contributed by atoms with van der Waals surface area (Å²) in [5.74, 6) is 0.758. The fourth-order valence-corrected chi connectivity index (χ4v) is 2.42. The van der Waals surface area contributed by atoms with Gasteiger partial charge in [-0.05, 0) is 49.6 Å². The summed E-state index contributed by atoms with van der Waals surface area (Å²) in [6.45, 7) is 4.62. The maximum Gasteiger partial charge on any atom is 0.119 e. The van der Waals surface area contributed by atoms with E-state index >= 15 is 0 Å². The number of ether oxygens (including phenoxy) is 1. The minimum Gasteiger partial charge on any atom is -0.491 e. The predicted molar refractivity (Wildman–Crippen MR) is 94.0 cm³/mol. The number of benzene rings is 1. The van der Waals surface area contributed by atoms with E-state index in [1.807, 2.05) is 50.2 Å². The molecule has 0 spiro atoms. The van der Waals surface area contributed by atoms with Gasteiger partial charge in [0.05, 0.1) is 6.10 Å². The summed E-state index contributed by atoms with van der Waals surface area (Å²) in [4.78, 5) is 4.01. The number of rotatable bonds is 9. The Morgan fingerprint density at radius 3 is 2.75 bits per heavy atom. The van der Waals surface area contributed by atoms with Gasteiger partial charge in [0.1, 0.15) is 18.5 Å². The molecular formula is C19H26N2O3. The monoisotopic (exact) mass is 330 g/mol. The minimum absolute atomic E-state index is 0.0637. The van der Waals surface area contributed by atoms with Crippen LogP contribution in [0.4, 0.5) is 0 Å². The molecule has 5 heteroatoms. The van der Waals surface area contributed by atoms with Crippen molar-refractivity contribution in [3.63, 3.8) is 0 Å². The van der Waals surface area contributed by atoms with Gasteiger partial charge >= 0.3 is 0 Å². The first-order chi connectivity index (χ1) is 11.5. The Bertz CT molecular complexity index is 607. The van der Waals surface area contributed by atoms with Crippen molar-refractivity contribution >= 4 is 0 Å². The van der Waals surface area contributed by atoms with Gasteiger partial charge in [0.2, 0.25) is 0 Å². The van der Waals surface area contributed by atoms with Crippen LogP contribution in [0.2, 0.25) is 0 Å². The zero-order valence-corrected chi connectivity index (χ0v) is 14.2. The van der Waals surface area contributed by atoms with Crippen LogP contribution < -0.4 is 10.1 Å². The number of aryl methyl sites for hydroxylation is 1. The lowest BCUT2D eigenvalue weighted by molar-refractivity contribution is 0.0987. The van der Waals surface area contributed by atoms with E-state index in [1.54, 1.807) is 12.4 Å². The van der Waals surface area contributed by atoms with Crippen LogP contribution >= 0.6 is 0 Å². The number of nitrogens with one attached hydrogen (secondary N) is 1. The molecule has 2 rings (SSSR count). The first kappa shape index (κ1) is 18.4. The van der Waals surface area contributed by atoms with Crippen LogP contribution in [0.1, 0.15) is 30.6 Å². The first-order valence-corrected chi connectivity index (χ1v) is 8.23. The highest BCUT2D eigenvalue weighted by molar-refractivity contribution is 5.27. The lowest BCUT2D eigenvalue weighted by Gasteiger charge is -2.20. The topological polar surface area (TPSA) is 74.6 Å². The molecule has 1 aromatic heterocycles. The number of nitrogens with zero attached hydrogens (tertiary/aromatic N) is 1. The van der Waals surface area contributed by atoms with Crippen molar-refractivity contribution in [2.24, 2.45) is 0 Å². The summed E-state index contributed by atoms with van der Waals surface area (Å²) in [5.41, 5.74) is 1.92. The molecule has 3 unspecified atom stereocenters. The largest absolute Gasteiger partial charge is 0.491 e. The Balaban J connectivity index is 1.68. The summed E-state index contributed by atoms with van der Waals surface area (Å²) in [5, 5.41) is 23.4. The van der Waals surface area contributed by atoms with Gasteiger partial charge in [-0.2, -0.15) is 0 Å². The van der Waals surface area contributed by atoms with E-state index in [9.17, 15) is 10.2 Å². The zero-order valence-electron chi connectivity index (χ0n) is 14.2. The molecule has 5 nitrogen and oxygen atoms in total. The summed E-state index contributed by atoms with van der Waals surface area (Å²) in [6, 6.07) is 11.5. The Morgan fingerprint density at radius 2 is 2.04 bits per heavy atom.